The van der Waals surface area contributed by atoms with Crippen LogP contribution in [0.15, 0.2) is 66.0 Å². The minimum absolute atomic E-state index is 0.0188. The summed E-state index contributed by atoms with van der Waals surface area (Å²) in [5, 5.41) is 5.00. The lowest BCUT2D eigenvalue weighted by Gasteiger charge is -2.36. The molecule has 3 aromatic rings. The molecule has 0 saturated carbocycles. The lowest BCUT2D eigenvalue weighted by Crippen LogP contribution is -2.40. The molecule has 0 spiro atoms. The summed E-state index contributed by atoms with van der Waals surface area (Å²) in [4.78, 5) is 28.7. The van der Waals surface area contributed by atoms with E-state index in [0.29, 0.717) is 13.1 Å². The number of methoxy groups -OCH3 is 1. The van der Waals surface area contributed by atoms with Gasteiger partial charge >= 0.3 is 0 Å². The van der Waals surface area contributed by atoms with Gasteiger partial charge in [0.05, 0.1) is 13.2 Å². The molecule has 0 bridgehead atoms. The Morgan fingerprint density at radius 3 is 2.58 bits per heavy atom. The standard InChI is InChI=1S/C25H26N2O3S/c1-30-20-9-7-18(8-10-20)17-26-23(28)11-12-24(29)27-15-13-22-21(14-16-31-22)25(27)19-5-3-2-4-6-19/h2-10,14,16,25H,11-13,15,17H2,1H3,(H,26,28). The Morgan fingerprint density at radius 2 is 1.84 bits per heavy atom. The molecule has 2 amide bonds. The Bertz CT molecular complexity index is 1030. The van der Waals surface area contributed by atoms with Crippen LogP contribution < -0.4 is 10.1 Å². The number of nitrogens with one attached hydrogen (secondary N) is 1. The molecule has 0 saturated heterocycles. The monoisotopic (exact) mass is 434 g/mol. The second-order valence-electron chi connectivity index (χ2n) is 7.57. The van der Waals surface area contributed by atoms with Crippen LogP contribution in [0.1, 0.15) is 40.5 Å². The van der Waals surface area contributed by atoms with Crippen LogP contribution in [-0.4, -0.2) is 30.4 Å². The van der Waals surface area contributed by atoms with Gasteiger partial charge < -0.3 is 15.0 Å². The molecule has 160 valence electrons. The van der Waals surface area contributed by atoms with Crippen LogP contribution in [0.4, 0.5) is 0 Å². The normalized spacial score (nSPS) is 15.3. The summed E-state index contributed by atoms with van der Waals surface area (Å²) in [7, 11) is 1.62. The highest BCUT2D eigenvalue weighted by molar-refractivity contribution is 7.10. The van der Waals surface area contributed by atoms with Crippen molar-refractivity contribution >= 4 is 23.2 Å². The first-order valence-electron chi connectivity index (χ1n) is 10.5. The fourth-order valence-electron chi connectivity index (χ4n) is 3.98. The van der Waals surface area contributed by atoms with Crippen LogP contribution in [0.25, 0.3) is 0 Å². The van der Waals surface area contributed by atoms with E-state index in [1.807, 2.05) is 47.4 Å². The summed E-state index contributed by atoms with van der Waals surface area (Å²) in [5.74, 6) is 0.683. The number of hydrogen-bond donors (Lipinski definition) is 1. The smallest absolute Gasteiger partial charge is 0.223 e. The molecule has 4 rings (SSSR count). The van der Waals surface area contributed by atoms with Gasteiger partial charge in [-0.15, -0.1) is 11.3 Å². The van der Waals surface area contributed by atoms with Crippen LogP contribution in [0, 0.1) is 0 Å². The van der Waals surface area contributed by atoms with E-state index < -0.39 is 0 Å². The summed E-state index contributed by atoms with van der Waals surface area (Å²) >= 11 is 1.75. The maximum Gasteiger partial charge on any atom is 0.223 e. The number of carbonyl (C=O) groups excluding carboxylic acids is 2. The number of ether oxygens (including phenoxy) is 1. The Labute approximate surface area is 186 Å². The highest BCUT2D eigenvalue weighted by atomic mass is 32.1. The molecule has 1 N–H and O–H groups in total. The molecule has 1 atom stereocenters. The zero-order chi connectivity index (χ0) is 21.6. The molecule has 0 fully saturated rings. The average Bonchev–Trinajstić information content (AvgIpc) is 3.30. The number of fused-ring (bicyclic) bond motifs is 1. The van der Waals surface area contributed by atoms with Crippen LogP contribution in [0.2, 0.25) is 0 Å². The molecule has 2 aromatic carbocycles. The molecule has 5 nitrogen and oxygen atoms in total. The molecular formula is C25H26N2O3S. The first kappa shape index (κ1) is 21.1. The summed E-state index contributed by atoms with van der Waals surface area (Å²) < 4.78 is 5.15. The first-order valence-corrected chi connectivity index (χ1v) is 11.3. The molecule has 31 heavy (non-hydrogen) atoms. The van der Waals surface area contributed by atoms with Gasteiger partial charge in [-0.1, -0.05) is 42.5 Å². The van der Waals surface area contributed by atoms with Gasteiger partial charge in [0.1, 0.15) is 5.75 Å². The molecule has 1 unspecified atom stereocenters. The van der Waals surface area contributed by atoms with Crippen molar-refractivity contribution in [3.63, 3.8) is 0 Å². The summed E-state index contributed by atoms with van der Waals surface area (Å²) in [6.45, 7) is 1.12. The van der Waals surface area contributed by atoms with E-state index in [-0.39, 0.29) is 30.7 Å². The Kier molecular flexibility index (Phi) is 6.67. The highest BCUT2D eigenvalue weighted by Crippen LogP contribution is 2.38. The van der Waals surface area contributed by atoms with Gasteiger partial charge in [0.2, 0.25) is 11.8 Å². The summed E-state index contributed by atoms with van der Waals surface area (Å²) in [6, 6.07) is 19.7. The van der Waals surface area contributed by atoms with Crippen molar-refractivity contribution in [3.8, 4) is 5.75 Å². The van der Waals surface area contributed by atoms with Crippen molar-refractivity contribution < 1.29 is 14.3 Å². The fourth-order valence-corrected chi connectivity index (χ4v) is 4.88. The van der Waals surface area contributed by atoms with Crippen LogP contribution >= 0.6 is 11.3 Å². The highest BCUT2D eigenvalue weighted by Gasteiger charge is 2.32. The van der Waals surface area contributed by atoms with Crippen molar-refractivity contribution in [1.29, 1.82) is 0 Å². The number of nitrogens with zero attached hydrogens (tertiary/aromatic N) is 1. The third-order valence-corrected chi connectivity index (χ3v) is 6.61. The minimum atomic E-state index is -0.117. The fraction of sp³-hybridized carbons (Fsp3) is 0.280. The van der Waals surface area contributed by atoms with E-state index in [4.69, 9.17) is 4.74 Å². The van der Waals surface area contributed by atoms with E-state index in [9.17, 15) is 9.59 Å². The van der Waals surface area contributed by atoms with E-state index in [1.165, 1.54) is 10.4 Å². The van der Waals surface area contributed by atoms with E-state index in [0.717, 1.165) is 23.3 Å². The van der Waals surface area contributed by atoms with Gasteiger partial charge in [-0.3, -0.25) is 9.59 Å². The van der Waals surface area contributed by atoms with E-state index in [2.05, 4.69) is 28.9 Å². The number of hydrogen-bond acceptors (Lipinski definition) is 4. The molecule has 6 heteroatoms. The number of thiophene rings is 1. The lowest BCUT2D eigenvalue weighted by atomic mass is 9.93. The molecular weight excluding hydrogens is 408 g/mol. The molecule has 0 radical (unpaired) electrons. The van der Waals surface area contributed by atoms with Gasteiger partial charge in [-0.2, -0.15) is 0 Å². The first-order chi connectivity index (χ1) is 15.2. The predicted octanol–water partition coefficient (Wildman–Crippen LogP) is 4.33. The van der Waals surface area contributed by atoms with Crippen molar-refractivity contribution in [1.82, 2.24) is 10.2 Å². The third kappa shape index (κ3) is 4.97. The van der Waals surface area contributed by atoms with Crippen LogP contribution in [0.5, 0.6) is 5.75 Å². The maximum atomic E-state index is 13.1. The van der Waals surface area contributed by atoms with Crippen molar-refractivity contribution in [2.45, 2.75) is 31.8 Å². The van der Waals surface area contributed by atoms with Crippen molar-refractivity contribution in [3.05, 3.63) is 87.6 Å². The van der Waals surface area contributed by atoms with Crippen molar-refractivity contribution in [2.24, 2.45) is 0 Å². The van der Waals surface area contributed by atoms with Gasteiger partial charge in [-0.05, 0) is 46.7 Å². The number of benzene rings is 2. The van der Waals surface area contributed by atoms with E-state index in [1.54, 1.807) is 18.4 Å². The Hall–Kier alpha value is -3.12. The maximum absolute atomic E-state index is 13.1. The second-order valence-corrected chi connectivity index (χ2v) is 8.57. The Balaban J connectivity index is 1.36. The van der Waals surface area contributed by atoms with Gasteiger partial charge in [0.15, 0.2) is 0 Å². The molecule has 1 aliphatic heterocycles. The molecule has 0 aliphatic carbocycles. The largest absolute Gasteiger partial charge is 0.497 e. The zero-order valence-electron chi connectivity index (χ0n) is 17.5. The third-order valence-electron chi connectivity index (χ3n) is 5.62. The number of amides is 2. The SMILES string of the molecule is COc1ccc(CNC(=O)CCC(=O)N2CCc3sccc3C2c2ccccc2)cc1. The quantitative estimate of drug-likeness (QED) is 0.602. The van der Waals surface area contributed by atoms with E-state index >= 15 is 0 Å². The molecule has 1 aromatic heterocycles. The van der Waals surface area contributed by atoms with Crippen LogP contribution in [0.3, 0.4) is 0 Å². The van der Waals surface area contributed by atoms with Crippen LogP contribution in [-0.2, 0) is 22.6 Å². The second kappa shape index (κ2) is 9.79. The van der Waals surface area contributed by atoms with Gasteiger partial charge in [0, 0.05) is 30.8 Å². The Morgan fingerprint density at radius 1 is 1.06 bits per heavy atom. The predicted molar refractivity (Wildman–Crippen MR) is 122 cm³/mol. The number of rotatable bonds is 7. The topological polar surface area (TPSA) is 58.6 Å². The van der Waals surface area contributed by atoms with Gasteiger partial charge in [-0.25, -0.2) is 0 Å². The lowest BCUT2D eigenvalue weighted by molar-refractivity contribution is -0.135. The summed E-state index contributed by atoms with van der Waals surface area (Å²) in [6.07, 6.45) is 1.26. The average molecular weight is 435 g/mol. The van der Waals surface area contributed by atoms with Crippen molar-refractivity contribution in [2.75, 3.05) is 13.7 Å². The number of carbonyl (C=O) groups is 2. The van der Waals surface area contributed by atoms with Gasteiger partial charge in [0.25, 0.3) is 0 Å². The molecule has 2 heterocycles. The minimum Gasteiger partial charge on any atom is -0.497 e. The summed E-state index contributed by atoms with van der Waals surface area (Å²) in [5.41, 5.74) is 3.31. The zero-order valence-corrected chi connectivity index (χ0v) is 18.4. The molecule has 1 aliphatic rings.